The molecular formula is C13H21NO. The van der Waals surface area contributed by atoms with Gasteiger partial charge >= 0.3 is 0 Å². The van der Waals surface area contributed by atoms with Gasteiger partial charge < -0.3 is 5.32 Å². The minimum absolute atomic E-state index is 0.197. The minimum Gasteiger partial charge on any atom is -0.385 e. The normalized spacial score (nSPS) is 8.80. The maximum absolute atomic E-state index is 11.3. The van der Waals surface area contributed by atoms with Crippen LogP contribution in [0.5, 0.6) is 0 Å². The summed E-state index contributed by atoms with van der Waals surface area (Å²) in [6.07, 6.45) is 0.570. The second kappa shape index (κ2) is 8.04. The van der Waals surface area contributed by atoms with E-state index in [0.717, 1.165) is 17.8 Å². The first-order valence-electron chi connectivity index (χ1n) is 5.65. The van der Waals surface area contributed by atoms with Gasteiger partial charge in [0, 0.05) is 24.2 Å². The van der Waals surface area contributed by atoms with Gasteiger partial charge in [0.05, 0.1) is 0 Å². The molecule has 1 aromatic rings. The van der Waals surface area contributed by atoms with E-state index in [9.17, 15) is 4.79 Å². The SMILES string of the molecule is CC.CCNc1ccc(C(=O)CC)cc1. The Kier molecular flexibility index (Phi) is 7.33. The molecule has 0 spiro atoms. The summed E-state index contributed by atoms with van der Waals surface area (Å²) in [6.45, 7) is 8.83. The van der Waals surface area contributed by atoms with Crippen molar-refractivity contribution in [2.24, 2.45) is 0 Å². The Bertz CT molecular complexity index is 277. The number of rotatable bonds is 4. The molecule has 0 bridgehead atoms. The fraction of sp³-hybridized carbons (Fsp3) is 0.462. The standard InChI is InChI=1S/C11H15NO.C2H6/c1-3-11(13)9-5-7-10(8-6-9)12-4-2;1-2/h5-8,12H,3-4H2,1-2H3;1-2H3. The van der Waals surface area contributed by atoms with Gasteiger partial charge in [-0.25, -0.2) is 0 Å². The smallest absolute Gasteiger partial charge is 0.162 e. The highest BCUT2D eigenvalue weighted by atomic mass is 16.1. The molecule has 1 rings (SSSR count). The Morgan fingerprint density at radius 2 is 1.67 bits per heavy atom. The van der Waals surface area contributed by atoms with Gasteiger partial charge in [0.15, 0.2) is 5.78 Å². The third kappa shape index (κ3) is 4.63. The second-order valence-electron chi connectivity index (χ2n) is 2.88. The molecular weight excluding hydrogens is 186 g/mol. The van der Waals surface area contributed by atoms with Crippen LogP contribution in [0.25, 0.3) is 0 Å². The van der Waals surface area contributed by atoms with E-state index in [4.69, 9.17) is 0 Å². The lowest BCUT2D eigenvalue weighted by Crippen LogP contribution is -1.99. The van der Waals surface area contributed by atoms with Crippen LogP contribution in [0, 0.1) is 0 Å². The number of carbonyl (C=O) groups is 1. The van der Waals surface area contributed by atoms with E-state index in [1.165, 1.54) is 0 Å². The summed E-state index contributed by atoms with van der Waals surface area (Å²) < 4.78 is 0. The fourth-order valence-corrected chi connectivity index (χ4v) is 1.18. The van der Waals surface area contributed by atoms with Crippen molar-refractivity contribution in [3.63, 3.8) is 0 Å². The van der Waals surface area contributed by atoms with Crippen molar-refractivity contribution >= 4 is 11.5 Å². The first-order valence-corrected chi connectivity index (χ1v) is 5.65. The molecule has 0 aliphatic heterocycles. The zero-order valence-corrected chi connectivity index (χ0v) is 10.1. The number of carbonyl (C=O) groups excluding carboxylic acids is 1. The van der Waals surface area contributed by atoms with Crippen molar-refractivity contribution in [3.05, 3.63) is 29.8 Å². The summed E-state index contributed by atoms with van der Waals surface area (Å²) in [5.41, 5.74) is 1.86. The van der Waals surface area contributed by atoms with Crippen LogP contribution in [0.4, 0.5) is 5.69 Å². The summed E-state index contributed by atoms with van der Waals surface area (Å²) >= 11 is 0. The predicted octanol–water partition coefficient (Wildman–Crippen LogP) is 3.74. The number of ketones is 1. The van der Waals surface area contributed by atoms with Crippen LogP contribution >= 0.6 is 0 Å². The number of Topliss-reactive ketones (excluding diaryl/α,β-unsaturated/α-hetero) is 1. The molecule has 0 atom stereocenters. The van der Waals surface area contributed by atoms with Crippen LogP contribution < -0.4 is 5.32 Å². The fourth-order valence-electron chi connectivity index (χ4n) is 1.18. The average molecular weight is 207 g/mol. The lowest BCUT2D eigenvalue weighted by atomic mass is 10.1. The first kappa shape index (κ1) is 13.7. The van der Waals surface area contributed by atoms with Crippen LogP contribution in [0.3, 0.4) is 0 Å². The zero-order chi connectivity index (χ0) is 11.7. The Labute approximate surface area is 92.7 Å². The molecule has 0 saturated heterocycles. The maximum Gasteiger partial charge on any atom is 0.162 e. The van der Waals surface area contributed by atoms with Crippen molar-refractivity contribution < 1.29 is 4.79 Å². The Balaban J connectivity index is 0.000000921. The molecule has 0 heterocycles. The molecule has 0 saturated carbocycles. The molecule has 0 aliphatic carbocycles. The van der Waals surface area contributed by atoms with Gasteiger partial charge in [-0.05, 0) is 31.2 Å². The molecule has 84 valence electrons. The van der Waals surface area contributed by atoms with Gasteiger partial charge in [0.1, 0.15) is 0 Å². The number of hydrogen-bond donors (Lipinski definition) is 1. The van der Waals surface area contributed by atoms with E-state index in [1.54, 1.807) is 0 Å². The van der Waals surface area contributed by atoms with Gasteiger partial charge in [-0.1, -0.05) is 20.8 Å². The molecule has 1 aromatic carbocycles. The van der Waals surface area contributed by atoms with Crippen molar-refractivity contribution in [1.82, 2.24) is 0 Å². The van der Waals surface area contributed by atoms with Gasteiger partial charge in [-0.2, -0.15) is 0 Å². The minimum atomic E-state index is 0.197. The summed E-state index contributed by atoms with van der Waals surface area (Å²) in [4.78, 5) is 11.3. The van der Waals surface area contributed by atoms with E-state index >= 15 is 0 Å². The average Bonchev–Trinajstić information content (AvgIpc) is 2.32. The lowest BCUT2D eigenvalue weighted by Gasteiger charge is -2.03. The molecule has 0 amide bonds. The summed E-state index contributed by atoms with van der Waals surface area (Å²) in [7, 11) is 0. The predicted molar refractivity (Wildman–Crippen MR) is 66.6 cm³/mol. The van der Waals surface area contributed by atoms with Crippen LogP contribution in [-0.2, 0) is 0 Å². The molecule has 0 aliphatic rings. The van der Waals surface area contributed by atoms with Crippen LogP contribution in [0.1, 0.15) is 44.5 Å². The highest BCUT2D eigenvalue weighted by Gasteiger charge is 2.01. The van der Waals surface area contributed by atoms with E-state index in [2.05, 4.69) is 5.32 Å². The zero-order valence-electron chi connectivity index (χ0n) is 10.1. The molecule has 0 aromatic heterocycles. The van der Waals surface area contributed by atoms with Crippen LogP contribution in [-0.4, -0.2) is 12.3 Å². The monoisotopic (exact) mass is 207 g/mol. The third-order valence-electron chi connectivity index (χ3n) is 1.91. The quantitative estimate of drug-likeness (QED) is 0.762. The van der Waals surface area contributed by atoms with E-state index < -0.39 is 0 Å². The summed E-state index contributed by atoms with van der Waals surface area (Å²) in [6, 6.07) is 7.60. The third-order valence-corrected chi connectivity index (χ3v) is 1.91. The number of benzene rings is 1. The Morgan fingerprint density at radius 1 is 1.13 bits per heavy atom. The van der Waals surface area contributed by atoms with Crippen LogP contribution in [0.15, 0.2) is 24.3 Å². The highest BCUT2D eigenvalue weighted by molar-refractivity contribution is 5.96. The van der Waals surface area contributed by atoms with Gasteiger partial charge in [-0.3, -0.25) is 4.79 Å². The van der Waals surface area contributed by atoms with E-state index in [-0.39, 0.29) is 5.78 Å². The first-order chi connectivity index (χ1) is 7.27. The van der Waals surface area contributed by atoms with Crippen LogP contribution in [0.2, 0.25) is 0 Å². The molecule has 2 nitrogen and oxygen atoms in total. The Morgan fingerprint density at radius 3 is 2.07 bits per heavy atom. The maximum atomic E-state index is 11.3. The molecule has 1 N–H and O–H groups in total. The van der Waals surface area contributed by atoms with Crippen molar-refractivity contribution in [2.45, 2.75) is 34.1 Å². The van der Waals surface area contributed by atoms with Gasteiger partial charge in [0.2, 0.25) is 0 Å². The van der Waals surface area contributed by atoms with E-state index in [0.29, 0.717) is 6.42 Å². The number of anilines is 1. The molecule has 0 radical (unpaired) electrons. The lowest BCUT2D eigenvalue weighted by molar-refractivity contribution is 0.0988. The largest absolute Gasteiger partial charge is 0.385 e. The molecule has 15 heavy (non-hydrogen) atoms. The van der Waals surface area contributed by atoms with Gasteiger partial charge in [-0.15, -0.1) is 0 Å². The molecule has 0 fully saturated rings. The van der Waals surface area contributed by atoms with Crippen molar-refractivity contribution in [3.8, 4) is 0 Å². The van der Waals surface area contributed by atoms with Crippen molar-refractivity contribution in [1.29, 1.82) is 0 Å². The molecule has 2 heteroatoms. The topological polar surface area (TPSA) is 29.1 Å². The van der Waals surface area contributed by atoms with E-state index in [1.807, 2.05) is 52.0 Å². The second-order valence-corrected chi connectivity index (χ2v) is 2.88. The Hall–Kier alpha value is -1.31. The summed E-state index contributed by atoms with van der Waals surface area (Å²) in [5.74, 6) is 0.197. The molecule has 0 unspecified atom stereocenters. The highest BCUT2D eigenvalue weighted by Crippen LogP contribution is 2.10. The summed E-state index contributed by atoms with van der Waals surface area (Å²) in [5, 5.41) is 3.18. The number of hydrogen-bond acceptors (Lipinski definition) is 2. The van der Waals surface area contributed by atoms with Gasteiger partial charge in [0.25, 0.3) is 0 Å². The number of nitrogens with one attached hydrogen (secondary N) is 1. The van der Waals surface area contributed by atoms with Crippen molar-refractivity contribution in [2.75, 3.05) is 11.9 Å².